The highest BCUT2D eigenvalue weighted by molar-refractivity contribution is 7.10. The van der Waals surface area contributed by atoms with E-state index in [1.165, 1.54) is 10.2 Å². The minimum absolute atomic E-state index is 0.141. The van der Waals surface area contributed by atoms with Crippen molar-refractivity contribution in [3.8, 4) is 0 Å². The van der Waals surface area contributed by atoms with E-state index in [1.54, 1.807) is 29.5 Å². The first-order valence-electron chi connectivity index (χ1n) is 9.90. The fourth-order valence-corrected chi connectivity index (χ4v) is 4.13. The lowest BCUT2D eigenvalue weighted by atomic mass is 10.0. The first-order valence-corrected chi connectivity index (χ1v) is 10.8. The van der Waals surface area contributed by atoms with Crippen LogP contribution in [0.5, 0.6) is 0 Å². The maximum Gasteiger partial charge on any atom is 0.277 e. The van der Waals surface area contributed by atoms with Gasteiger partial charge in [0, 0.05) is 11.3 Å². The summed E-state index contributed by atoms with van der Waals surface area (Å²) in [7, 11) is 0. The van der Waals surface area contributed by atoms with Crippen LogP contribution >= 0.6 is 11.3 Å². The van der Waals surface area contributed by atoms with E-state index in [-0.39, 0.29) is 30.5 Å². The van der Waals surface area contributed by atoms with E-state index in [4.69, 9.17) is 0 Å². The van der Waals surface area contributed by atoms with E-state index >= 15 is 0 Å². The van der Waals surface area contributed by atoms with Crippen LogP contribution in [-0.4, -0.2) is 20.9 Å². The number of nitrogens with zero attached hydrogens (tertiary/aromatic N) is 3. The quantitative estimate of drug-likeness (QED) is 0.496. The monoisotopic (exact) mass is 418 g/mol. The third-order valence-electron chi connectivity index (χ3n) is 5.03. The van der Waals surface area contributed by atoms with Gasteiger partial charge in [0.15, 0.2) is 0 Å². The van der Waals surface area contributed by atoms with Crippen LogP contribution in [0.4, 0.5) is 0 Å². The molecule has 0 aliphatic rings. The summed E-state index contributed by atoms with van der Waals surface area (Å²) in [5, 5.41) is 13.6. The summed E-state index contributed by atoms with van der Waals surface area (Å²) in [5.41, 5.74) is 2.60. The molecule has 4 aromatic rings. The van der Waals surface area contributed by atoms with Crippen molar-refractivity contribution in [1.29, 1.82) is 0 Å². The molecule has 2 heterocycles. The number of aryl methyl sites for hydroxylation is 2. The summed E-state index contributed by atoms with van der Waals surface area (Å²) in [6.45, 7) is 2.29. The molecule has 2 aromatic carbocycles. The summed E-state index contributed by atoms with van der Waals surface area (Å²) in [5.74, 6) is -0.144. The van der Waals surface area contributed by atoms with Crippen molar-refractivity contribution in [2.75, 3.05) is 0 Å². The fourth-order valence-electron chi connectivity index (χ4n) is 3.33. The Bertz CT molecular complexity index is 1200. The van der Waals surface area contributed by atoms with Crippen molar-refractivity contribution < 1.29 is 4.79 Å². The first-order chi connectivity index (χ1) is 14.7. The van der Waals surface area contributed by atoms with E-state index < -0.39 is 0 Å². The maximum absolute atomic E-state index is 12.7. The normalized spacial score (nSPS) is 12.0. The molecule has 0 radical (unpaired) electrons. The van der Waals surface area contributed by atoms with Gasteiger partial charge in [0.2, 0.25) is 5.91 Å². The molecular formula is C23H22N4O2S. The van der Waals surface area contributed by atoms with Gasteiger partial charge in [-0.1, -0.05) is 54.6 Å². The molecule has 1 N–H and O–H groups in total. The summed E-state index contributed by atoms with van der Waals surface area (Å²) in [6.07, 6.45) is 1.11. The first kappa shape index (κ1) is 20.0. The molecule has 0 spiro atoms. The minimum Gasteiger partial charge on any atom is -0.344 e. The van der Waals surface area contributed by atoms with Crippen LogP contribution in [0.1, 0.15) is 35.4 Å². The molecule has 2 aromatic heterocycles. The molecule has 0 saturated carbocycles. The smallest absolute Gasteiger partial charge is 0.277 e. The van der Waals surface area contributed by atoms with Gasteiger partial charge in [-0.3, -0.25) is 9.59 Å². The number of carbonyl (C=O) groups excluding carboxylic acids is 1. The highest BCUT2D eigenvalue weighted by Gasteiger charge is 2.18. The Morgan fingerprint density at radius 1 is 1.10 bits per heavy atom. The second kappa shape index (κ2) is 9.00. The van der Waals surface area contributed by atoms with Crippen molar-refractivity contribution in [3.63, 3.8) is 0 Å². The number of rotatable bonds is 7. The molecule has 4 rings (SSSR count). The standard InChI is InChI=1S/C23H22N4O2S/c1-2-16-9-11-17(12-10-16)22(20-8-5-15-30-20)24-21(28)13-14-27-23(29)18-6-3-4-7-19(18)25-26-27/h3-12,15,22H,2,13-14H2,1H3,(H,24,28)/t22-/m0/s1. The lowest BCUT2D eigenvalue weighted by Crippen LogP contribution is -2.32. The Morgan fingerprint density at radius 2 is 1.90 bits per heavy atom. The summed E-state index contributed by atoms with van der Waals surface area (Å²) < 4.78 is 1.25. The molecule has 0 aliphatic heterocycles. The zero-order valence-electron chi connectivity index (χ0n) is 16.6. The van der Waals surface area contributed by atoms with E-state index in [0.29, 0.717) is 10.9 Å². The van der Waals surface area contributed by atoms with E-state index in [0.717, 1.165) is 16.9 Å². The molecule has 0 bridgehead atoms. The molecule has 0 aliphatic carbocycles. The Labute approximate surface area is 178 Å². The highest BCUT2D eigenvalue weighted by atomic mass is 32.1. The van der Waals surface area contributed by atoms with E-state index in [9.17, 15) is 9.59 Å². The predicted octanol–water partition coefficient (Wildman–Crippen LogP) is 3.71. The second-order valence-corrected chi connectivity index (χ2v) is 7.98. The maximum atomic E-state index is 12.7. The Balaban J connectivity index is 1.49. The van der Waals surface area contributed by atoms with Crippen molar-refractivity contribution >= 4 is 28.1 Å². The van der Waals surface area contributed by atoms with Gasteiger partial charge >= 0.3 is 0 Å². The predicted molar refractivity (Wildman–Crippen MR) is 119 cm³/mol. The van der Waals surface area contributed by atoms with Crippen LogP contribution in [0.2, 0.25) is 0 Å². The molecule has 152 valence electrons. The zero-order valence-corrected chi connectivity index (χ0v) is 17.4. The van der Waals surface area contributed by atoms with Crippen LogP contribution in [0, 0.1) is 0 Å². The summed E-state index contributed by atoms with van der Waals surface area (Å²) in [6, 6.07) is 19.1. The second-order valence-electron chi connectivity index (χ2n) is 7.00. The van der Waals surface area contributed by atoms with Crippen molar-refractivity contribution in [2.24, 2.45) is 0 Å². The van der Waals surface area contributed by atoms with Gasteiger partial charge in [-0.25, -0.2) is 4.68 Å². The van der Waals surface area contributed by atoms with Crippen LogP contribution < -0.4 is 10.9 Å². The van der Waals surface area contributed by atoms with Gasteiger partial charge < -0.3 is 5.32 Å². The Kier molecular flexibility index (Phi) is 5.99. The van der Waals surface area contributed by atoms with Crippen molar-refractivity contribution in [2.45, 2.75) is 32.4 Å². The van der Waals surface area contributed by atoms with Crippen molar-refractivity contribution in [3.05, 3.63) is 92.4 Å². The molecule has 0 unspecified atom stereocenters. The number of benzene rings is 2. The summed E-state index contributed by atoms with van der Waals surface area (Å²) >= 11 is 1.60. The number of hydrogen-bond acceptors (Lipinski definition) is 5. The fraction of sp³-hybridized carbons (Fsp3) is 0.217. The average molecular weight is 419 g/mol. The average Bonchev–Trinajstić information content (AvgIpc) is 3.32. The lowest BCUT2D eigenvalue weighted by Gasteiger charge is -2.18. The molecule has 6 nitrogen and oxygen atoms in total. The van der Waals surface area contributed by atoms with Gasteiger partial charge in [0.05, 0.1) is 18.0 Å². The summed E-state index contributed by atoms with van der Waals surface area (Å²) in [4.78, 5) is 26.4. The Hall–Kier alpha value is -3.32. The van der Waals surface area contributed by atoms with Crippen molar-refractivity contribution in [1.82, 2.24) is 20.3 Å². The zero-order chi connectivity index (χ0) is 20.9. The number of nitrogens with one attached hydrogen (secondary N) is 1. The number of aromatic nitrogens is 3. The number of amides is 1. The largest absolute Gasteiger partial charge is 0.344 e. The highest BCUT2D eigenvalue weighted by Crippen LogP contribution is 2.26. The number of carbonyl (C=O) groups is 1. The third-order valence-corrected chi connectivity index (χ3v) is 5.97. The van der Waals surface area contributed by atoms with Gasteiger partial charge in [0.25, 0.3) is 5.56 Å². The van der Waals surface area contributed by atoms with Crippen LogP contribution in [0.25, 0.3) is 10.9 Å². The molecular weight excluding hydrogens is 396 g/mol. The van der Waals surface area contributed by atoms with Gasteiger partial charge in [0.1, 0.15) is 5.52 Å². The SMILES string of the molecule is CCc1ccc([C@H](NC(=O)CCn2nnc3ccccc3c2=O)c2cccs2)cc1. The number of fused-ring (bicyclic) bond motifs is 1. The molecule has 7 heteroatoms. The van der Waals surface area contributed by atoms with Crippen LogP contribution in [-0.2, 0) is 17.8 Å². The topological polar surface area (TPSA) is 76.9 Å². The molecule has 0 fully saturated rings. The van der Waals surface area contributed by atoms with E-state index in [1.807, 2.05) is 23.6 Å². The lowest BCUT2D eigenvalue weighted by molar-refractivity contribution is -0.121. The van der Waals surface area contributed by atoms with E-state index in [2.05, 4.69) is 46.8 Å². The minimum atomic E-state index is -0.238. The molecule has 1 atom stereocenters. The molecule has 1 amide bonds. The number of thiophene rings is 1. The van der Waals surface area contributed by atoms with Gasteiger partial charge in [-0.15, -0.1) is 16.4 Å². The number of hydrogen-bond donors (Lipinski definition) is 1. The Morgan fingerprint density at radius 3 is 2.63 bits per heavy atom. The van der Waals surface area contributed by atoms with Gasteiger partial charge in [-0.05, 0) is 41.1 Å². The van der Waals surface area contributed by atoms with Gasteiger partial charge in [-0.2, -0.15) is 0 Å². The molecule has 0 saturated heterocycles. The third kappa shape index (κ3) is 4.31. The van der Waals surface area contributed by atoms with Crippen LogP contribution in [0.3, 0.4) is 0 Å². The molecule has 30 heavy (non-hydrogen) atoms. The van der Waals surface area contributed by atoms with Crippen LogP contribution in [0.15, 0.2) is 70.8 Å².